The van der Waals surface area contributed by atoms with Crippen molar-refractivity contribution in [1.29, 1.82) is 0 Å². The first kappa shape index (κ1) is 21.6. The normalized spacial score (nSPS) is 20.8. The third kappa shape index (κ3) is 4.35. The monoisotopic (exact) mass is 451 g/mol. The zero-order valence-electron chi connectivity index (χ0n) is 18.8. The van der Waals surface area contributed by atoms with E-state index >= 15 is 0 Å². The highest BCUT2D eigenvalue weighted by molar-refractivity contribution is 6.00. The van der Waals surface area contributed by atoms with E-state index in [0.717, 1.165) is 42.9 Å². The molecule has 0 aromatic heterocycles. The molecule has 0 saturated carbocycles. The quantitative estimate of drug-likeness (QED) is 0.697. The zero-order valence-corrected chi connectivity index (χ0v) is 18.8. The van der Waals surface area contributed by atoms with E-state index in [9.17, 15) is 9.59 Å². The second kappa shape index (κ2) is 9.31. The number of nitrogens with zero attached hydrogens (tertiary/aromatic N) is 2. The van der Waals surface area contributed by atoms with Crippen molar-refractivity contribution in [3.05, 3.63) is 48.0 Å². The molecule has 2 amide bonds. The predicted octanol–water partition coefficient (Wildman–Crippen LogP) is 2.73. The highest BCUT2D eigenvalue weighted by Crippen LogP contribution is 2.37. The molecule has 0 radical (unpaired) electrons. The number of rotatable bonds is 7. The fourth-order valence-electron chi connectivity index (χ4n) is 4.96. The van der Waals surface area contributed by atoms with Crippen molar-refractivity contribution < 1.29 is 23.8 Å². The summed E-state index contributed by atoms with van der Waals surface area (Å²) >= 11 is 0. The SMILES string of the molecule is COc1ccccc1[C@H](CNC(=O)[C@H]1CC(=O)N(c2ccc3c(c2)OCO3)C1)N1CCCC1. The molecule has 2 saturated heterocycles. The van der Waals surface area contributed by atoms with Gasteiger partial charge in [0.1, 0.15) is 5.75 Å². The zero-order chi connectivity index (χ0) is 22.8. The molecule has 2 atom stereocenters. The van der Waals surface area contributed by atoms with Crippen molar-refractivity contribution in [2.24, 2.45) is 5.92 Å². The van der Waals surface area contributed by atoms with E-state index in [1.165, 1.54) is 0 Å². The Labute approximate surface area is 193 Å². The van der Waals surface area contributed by atoms with Crippen LogP contribution in [0.5, 0.6) is 17.2 Å². The summed E-state index contributed by atoms with van der Waals surface area (Å²) in [6, 6.07) is 13.4. The van der Waals surface area contributed by atoms with Gasteiger partial charge in [-0.2, -0.15) is 0 Å². The van der Waals surface area contributed by atoms with Crippen molar-refractivity contribution >= 4 is 17.5 Å². The lowest BCUT2D eigenvalue weighted by molar-refractivity contribution is -0.126. The second-order valence-electron chi connectivity index (χ2n) is 8.69. The molecule has 3 heterocycles. The summed E-state index contributed by atoms with van der Waals surface area (Å²) in [7, 11) is 1.67. The summed E-state index contributed by atoms with van der Waals surface area (Å²) in [5.74, 6) is 1.58. The maximum atomic E-state index is 13.1. The van der Waals surface area contributed by atoms with Crippen LogP contribution in [0.2, 0.25) is 0 Å². The molecule has 3 aliphatic heterocycles. The number of likely N-dealkylation sites (tertiary alicyclic amines) is 1. The Kier molecular flexibility index (Phi) is 6.09. The smallest absolute Gasteiger partial charge is 0.231 e. The lowest BCUT2D eigenvalue weighted by atomic mass is 10.0. The van der Waals surface area contributed by atoms with E-state index < -0.39 is 0 Å². The van der Waals surface area contributed by atoms with Gasteiger partial charge in [0.05, 0.1) is 19.1 Å². The third-order valence-corrected chi connectivity index (χ3v) is 6.71. The minimum atomic E-state index is -0.389. The van der Waals surface area contributed by atoms with Gasteiger partial charge in [-0.3, -0.25) is 14.5 Å². The lowest BCUT2D eigenvalue weighted by Gasteiger charge is -2.29. The van der Waals surface area contributed by atoms with Gasteiger partial charge in [-0.05, 0) is 44.1 Å². The minimum absolute atomic E-state index is 0.0367. The Morgan fingerprint density at radius 2 is 1.94 bits per heavy atom. The number of para-hydroxylation sites is 1. The number of methoxy groups -OCH3 is 1. The molecule has 2 aromatic carbocycles. The van der Waals surface area contributed by atoms with E-state index in [-0.39, 0.29) is 37.0 Å². The van der Waals surface area contributed by atoms with Crippen LogP contribution in [0.1, 0.15) is 30.9 Å². The first-order valence-corrected chi connectivity index (χ1v) is 11.5. The molecule has 1 N–H and O–H groups in total. The number of nitrogens with one attached hydrogen (secondary N) is 1. The number of carbonyl (C=O) groups is 2. The summed E-state index contributed by atoms with van der Waals surface area (Å²) in [4.78, 5) is 29.8. The topological polar surface area (TPSA) is 80.3 Å². The van der Waals surface area contributed by atoms with Gasteiger partial charge < -0.3 is 24.4 Å². The van der Waals surface area contributed by atoms with Crippen molar-refractivity contribution in [2.75, 3.05) is 45.0 Å². The molecular weight excluding hydrogens is 422 g/mol. The van der Waals surface area contributed by atoms with Crippen molar-refractivity contribution in [3.63, 3.8) is 0 Å². The first-order valence-electron chi connectivity index (χ1n) is 11.5. The Hall–Kier alpha value is -3.26. The molecule has 2 aromatic rings. The molecule has 2 fully saturated rings. The van der Waals surface area contributed by atoms with E-state index in [4.69, 9.17) is 14.2 Å². The number of fused-ring (bicyclic) bond motifs is 1. The van der Waals surface area contributed by atoms with E-state index in [1.54, 1.807) is 24.1 Å². The standard InChI is InChI=1S/C25H29N3O5/c1-31-21-7-3-2-6-19(21)20(27-10-4-5-11-27)14-26-25(30)17-12-24(29)28(15-17)18-8-9-22-23(13-18)33-16-32-22/h2-3,6-9,13,17,20H,4-5,10-12,14-16H2,1H3,(H,26,30)/t17-,20-/m0/s1. The van der Waals surface area contributed by atoms with Gasteiger partial charge in [0.25, 0.3) is 0 Å². The Balaban J connectivity index is 1.26. The maximum Gasteiger partial charge on any atom is 0.231 e. The number of carbonyl (C=O) groups excluding carboxylic acids is 2. The van der Waals surface area contributed by atoms with Crippen LogP contribution in [0.15, 0.2) is 42.5 Å². The van der Waals surface area contributed by atoms with Crippen LogP contribution in [0.25, 0.3) is 0 Å². The number of benzene rings is 2. The molecule has 0 unspecified atom stereocenters. The van der Waals surface area contributed by atoms with Crippen molar-refractivity contribution in [2.45, 2.75) is 25.3 Å². The van der Waals surface area contributed by atoms with Gasteiger partial charge in [-0.15, -0.1) is 0 Å². The molecule has 0 bridgehead atoms. The van der Waals surface area contributed by atoms with Crippen LogP contribution >= 0.6 is 0 Å². The summed E-state index contributed by atoms with van der Waals surface area (Å²) in [6.45, 7) is 3.01. The fraction of sp³-hybridized carbons (Fsp3) is 0.440. The highest BCUT2D eigenvalue weighted by atomic mass is 16.7. The van der Waals surface area contributed by atoms with E-state index in [2.05, 4.69) is 16.3 Å². The van der Waals surface area contributed by atoms with Crippen LogP contribution in [-0.2, 0) is 9.59 Å². The predicted molar refractivity (Wildman–Crippen MR) is 123 cm³/mol. The van der Waals surface area contributed by atoms with E-state index in [0.29, 0.717) is 24.6 Å². The van der Waals surface area contributed by atoms with E-state index in [1.807, 2.05) is 24.3 Å². The van der Waals surface area contributed by atoms with Gasteiger partial charge in [-0.25, -0.2) is 0 Å². The van der Waals surface area contributed by atoms with Gasteiger partial charge in [0.2, 0.25) is 18.6 Å². The highest BCUT2D eigenvalue weighted by Gasteiger charge is 2.36. The Morgan fingerprint density at radius 1 is 1.15 bits per heavy atom. The number of ether oxygens (including phenoxy) is 3. The number of anilines is 1. The average Bonchev–Trinajstić information content (AvgIpc) is 3.60. The number of hydrogen-bond donors (Lipinski definition) is 1. The van der Waals surface area contributed by atoms with Gasteiger partial charge in [-0.1, -0.05) is 18.2 Å². The van der Waals surface area contributed by atoms with Crippen molar-refractivity contribution in [3.8, 4) is 17.2 Å². The Bertz CT molecular complexity index is 1040. The fourth-order valence-corrected chi connectivity index (χ4v) is 4.96. The van der Waals surface area contributed by atoms with Crippen LogP contribution in [0, 0.1) is 5.92 Å². The largest absolute Gasteiger partial charge is 0.496 e. The van der Waals surface area contributed by atoms with Gasteiger partial charge >= 0.3 is 0 Å². The van der Waals surface area contributed by atoms with Gasteiger partial charge in [0, 0.05) is 36.8 Å². The van der Waals surface area contributed by atoms with Crippen molar-refractivity contribution in [1.82, 2.24) is 10.2 Å². The summed E-state index contributed by atoms with van der Waals surface area (Å²) in [5.41, 5.74) is 1.80. The molecule has 8 nitrogen and oxygen atoms in total. The first-order chi connectivity index (χ1) is 16.1. The Morgan fingerprint density at radius 3 is 2.76 bits per heavy atom. The lowest BCUT2D eigenvalue weighted by Crippen LogP contribution is -2.40. The third-order valence-electron chi connectivity index (χ3n) is 6.71. The second-order valence-corrected chi connectivity index (χ2v) is 8.69. The molecule has 0 spiro atoms. The molecule has 0 aliphatic carbocycles. The molecular formula is C25H29N3O5. The summed E-state index contributed by atoms with van der Waals surface area (Å²) in [5, 5.41) is 3.13. The minimum Gasteiger partial charge on any atom is -0.496 e. The maximum absolute atomic E-state index is 13.1. The molecule has 3 aliphatic rings. The molecule has 8 heteroatoms. The average molecular weight is 452 g/mol. The van der Waals surface area contributed by atoms with Crippen LogP contribution < -0.4 is 24.4 Å². The van der Waals surface area contributed by atoms with Crippen LogP contribution in [-0.4, -0.2) is 56.8 Å². The molecule has 5 rings (SSSR count). The number of hydrogen-bond acceptors (Lipinski definition) is 6. The summed E-state index contributed by atoms with van der Waals surface area (Å²) in [6.07, 6.45) is 2.51. The number of amides is 2. The van der Waals surface area contributed by atoms with Gasteiger partial charge in [0.15, 0.2) is 11.5 Å². The molecule has 174 valence electrons. The molecule has 33 heavy (non-hydrogen) atoms. The van der Waals surface area contributed by atoms with Crippen LogP contribution in [0.3, 0.4) is 0 Å². The summed E-state index contributed by atoms with van der Waals surface area (Å²) < 4.78 is 16.4. The van der Waals surface area contributed by atoms with Crippen LogP contribution in [0.4, 0.5) is 5.69 Å².